The zero-order valence-corrected chi connectivity index (χ0v) is 8.77. The lowest BCUT2D eigenvalue weighted by molar-refractivity contribution is -0.120. The minimum atomic E-state index is -1.30. The van der Waals surface area contributed by atoms with Gasteiger partial charge in [-0.1, -0.05) is 18.2 Å². The predicted molar refractivity (Wildman–Crippen MR) is 54.9 cm³/mol. The van der Waals surface area contributed by atoms with Gasteiger partial charge in [-0.15, -0.1) is 0 Å². The summed E-state index contributed by atoms with van der Waals surface area (Å²) in [6.07, 6.45) is 0.561. The Morgan fingerprint density at radius 3 is 2.47 bits per heavy atom. The summed E-state index contributed by atoms with van der Waals surface area (Å²) in [6.45, 7) is -0.454. The van der Waals surface area contributed by atoms with Gasteiger partial charge in [0.2, 0.25) is 0 Å². The molecule has 0 fully saturated rings. The quantitative estimate of drug-likeness (QED) is 0.748. The Hall–Kier alpha value is -1.26. The number of rotatable bonds is 4. The van der Waals surface area contributed by atoms with E-state index in [2.05, 4.69) is 0 Å². The summed E-state index contributed by atoms with van der Waals surface area (Å²) < 4.78 is 13.5. The SMILES string of the molecule is CN(C)C(C=O)(CO)c1ccccc1F. The zero-order valence-electron chi connectivity index (χ0n) is 8.77. The summed E-state index contributed by atoms with van der Waals surface area (Å²) in [4.78, 5) is 12.6. The first-order valence-corrected chi connectivity index (χ1v) is 4.58. The van der Waals surface area contributed by atoms with Gasteiger partial charge in [-0.3, -0.25) is 4.90 Å². The zero-order chi connectivity index (χ0) is 11.5. The number of likely N-dealkylation sites (N-methyl/N-ethyl adjacent to an activating group) is 1. The predicted octanol–water partition coefficient (Wildman–Crippen LogP) is 0.774. The van der Waals surface area contributed by atoms with Crippen LogP contribution in [-0.2, 0) is 10.3 Å². The normalized spacial score (nSPS) is 15.0. The van der Waals surface area contributed by atoms with E-state index < -0.39 is 18.0 Å². The second-order valence-electron chi connectivity index (χ2n) is 3.57. The van der Waals surface area contributed by atoms with Crippen LogP contribution in [0.2, 0.25) is 0 Å². The van der Waals surface area contributed by atoms with Crippen molar-refractivity contribution in [2.24, 2.45) is 0 Å². The average molecular weight is 211 g/mol. The first kappa shape index (κ1) is 11.8. The highest BCUT2D eigenvalue weighted by Gasteiger charge is 2.36. The summed E-state index contributed by atoms with van der Waals surface area (Å²) in [5, 5.41) is 9.29. The van der Waals surface area contributed by atoms with Crippen LogP contribution in [0, 0.1) is 5.82 Å². The van der Waals surface area contributed by atoms with Crippen LogP contribution < -0.4 is 0 Å². The summed E-state index contributed by atoms with van der Waals surface area (Å²) >= 11 is 0. The van der Waals surface area contributed by atoms with Crippen LogP contribution >= 0.6 is 0 Å². The van der Waals surface area contributed by atoms with Crippen LogP contribution in [0.1, 0.15) is 5.56 Å². The highest BCUT2D eigenvalue weighted by atomic mass is 19.1. The van der Waals surface area contributed by atoms with E-state index in [0.717, 1.165) is 0 Å². The van der Waals surface area contributed by atoms with Gasteiger partial charge in [0, 0.05) is 5.56 Å². The van der Waals surface area contributed by atoms with Gasteiger partial charge in [-0.25, -0.2) is 4.39 Å². The fraction of sp³-hybridized carbons (Fsp3) is 0.364. The molecule has 0 aliphatic rings. The summed E-state index contributed by atoms with van der Waals surface area (Å²) in [6, 6.07) is 5.95. The molecule has 0 aromatic heterocycles. The Kier molecular flexibility index (Phi) is 3.55. The highest BCUT2D eigenvalue weighted by molar-refractivity contribution is 5.68. The molecular formula is C11H14FNO2. The fourth-order valence-corrected chi connectivity index (χ4v) is 1.49. The Morgan fingerprint density at radius 1 is 1.47 bits per heavy atom. The molecule has 1 aromatic carbocycles. The molecule has 3 nitrogen and oxygen atoms in total. The molecule has 82 valence electrons. The number of halogens is 1. The lowest BCUT2D eigenvalue weighted by atomic mass is 9.90. The fourth-order valence-electron chi connectivity index (χ4n) is 1.49. The Morgan fingerprint density at radius 2 is 2.07 bits per heavy atom. The summed E-state index contributed by atoms with van der Waals surface area (Å²) in [7, 11) is 3.24. The molecule has 0 aliphatic heterocycles. The molecule has 0 spiro atoms. The molecule has 0 heterocycles. The van der Waals surface area contributed by atoms with Gasteiger partial charge >= 0.3 is 0 Å². The van der Waals surface area contributed by atoms with Crippen molar-refractivity contribution >= 4 is 6.29 Å². The number of aldehydes is 1. The van der Waals surface area contributed by atoms with E-state index in [1.54, 1.807) is 26.2 Å². The minimum Gasteiger partial charge on any atom is -0.394 e. The molecule has 0 aliphatic carbocycles. The third kappa shape index (κ3) is 1.91. The largest absolute Gasteiger partial charge is 0.394 e. The van der Waals surface area contributed by atoms with Crippen molar-refractivity contribution in [1.82, 2.24) is 4.90 Å². The lowest BCUT2D eigenvalue weighted by Gasteiger charge is -2.33. The van der Waals surface area contributed by atoms with Crippen LogP contribution in [0.4, 0.5) is 4.39 Å². The van der Waals surface area contributed by atoms with Gasteiger partial charge in [-0.05, 0) is 20.2 Å². The van der Waals surface area contributed by atoms with Gasteiger partial charge in [0.25, 0.3) is 0 Å². The highest BCUT2D eigenvalue weighted by Crippen LogP contribution is 2.26. The molecule has 1 N–H and O–H groups in total. The molecule has 1 atom stereocenters. The molecule has 0 saturated carbocycles. The van der Waals surface area contributed by atoms with Crippen molar-refractivity contribution in [3.05, 3.63) is 35.6 Å². The van der Waals surface area contributed by atoms with Crippen LogP contribution in [-0.4, -0.2) is 37.0 Å². The van der Waals surface area contributed by atoms with Crippen molar-refractivity contribution in [2.75, 3.05) is 20.7 Å². The molecule has 0 bridgehead atoms. The summed E-state index contributed by atoms with van der Waals surface area (Å²) in [5.41, 5.74) is -1.11. The second-order valence-corrected chi connectivity index (χ2v) is 3.57. The van der Waals surface area contributed by atoms with Crippen LogP contribution in [0.25, 0.3) is 0 Å². The average Bonchev–Trinajstić information content (AvgIpc) is 2.22. The van der Waals surface area contributed by atoms with Crippen molar-refractivity contribution < 1.29 is 14.3 Å². The number of aliphatic hydroxyl groups excluding tert-OH is 1. The lowest BCUT2D eigenvalue weighted by Crippen LogP contribution is -2.46. The van der Waals surface area contributed by atoms with Gasteiger partial charge in [0.15, 0.2) is 0 Å². The van der Waals surface area contributed by atoms with Crippen molar-refractivity contribution in [1.29, 1.82) is 0 Å². The molecule has 0 amide bonds. The number of nitrogens with zero attached hydrogens (tertiary/aromatic N) is 1. The third-order valence-corrected chi connectivity index (χ3v) is 2.57. The van der Waals surface area contributed by atoms with E-state index in [9.17, 15) is 14.3 Å². The Bertz CT molecular complexity index is 354. The van der Waals surface area contributed by atoms with Crippen molar-refractivity contribution in [2.45, 2.75) is 5.54 Å². The molecule has 4 heteroatoms. The van der Waals surface area contributed by atoms with E-state index in [4.69, 9.17) is 0 Å². The van der Waals surface area contributed by atoms with E-state index in [0.29, 0.717) is 6.29 Å². The number of hydrogen-bond acceptors (Lipinski definition) is 3. The molecule has 0 radical (unpaired) electrons. The van der Waals surface area contributed by atoms with E-state index >= 15 is 0 Å². The number of carbonyl (C=O) groups is 1. The Balaban J connectivity index is 3.33. The van der Waals surface area contributed by atoms with Gasteiger partial charge in [-0.2, -0.15) is 0 Å². The minimum absolute atomic E-state index is 0.188. The molecule has 0 saturated heterocycles. The second kappa shape index (κ2) is 4.51. The maximum Gasteiger partial charge on any atom is 0.147 e. The monoisotopic (exact) mass is 211 g/mol. The summed E-state index contributed by atoms with van der Waals surface area (Å²) in [5.74, 6) is -0.493. The number of hydrogen-bond donors (Lipinski definition) is 1. The number of benzene rings is 1. The standard InChI is InChI=1S/C11H14FNO2/c1-13(2)11(7-14,8-15)9-5-3-4-6-10(9)12/h3-7,15H,8H2,1-2H3. The third-order valence-electron chi connectivity index (χ3n) is 2.57. The smallest absolute Gasteiger partial charge is 0.147 e. The molecule has 1 unspecified atom stereocenters. The number of aliphatic hydroxyl groups is 1. The first-order chi connectivity index (χ1) is 7.08. The van der Waals surface area contributed by atoms with Crippen molar-refractivity contribution in [3.8, 4) is 0 Å². The van der Waals surface area contributed by atoms with E-state index in [-0.39, 0.29) is 5.56 Å². The molecule has 1 rings (SSSR count). The van der Waals surface area contributed by atoms with E-state index in [1.807, 2.05) is 0 Å². The van der Waals surface area contributed by atoms with Gasteiger partial charge < -0.3 is 9.90 Å². The van der Waals surface area contributed by atoms with Crippen LogP contribution in [0.5, 0.6) is 0 Å². The maximum atomic E-state index is 13.5. The topological polar surface area (TPSA) is 40.5 Å². The van der Waals surface area contributed by atoms with Crippen LogP contribution in [0.15, 0.2) is 24.3 Å². The van der Waals surface area contributed by atoms with Gasteiger partial charge in [0.05, 0.1) is 6.61 Å². The molecule has 1 aromatic rings. The molecule has 15 heavy (non-hydrogen) atoms. The van der Waals surface area contributed by atoms with Crippen LogP contribution in [0.3, 0.4) is 0 Å². The van der Waals surface area contributed by atoms with E-state index in [1.165, 1.54) is 17.0 Å². The number of carbonyl (C=O) groups excluding carboxylic acids is 1. The van der Waals surface area contributed by atoms with Crippen molar-refractivity contribution in [3.63, 3.8) is 0 Å². The van der Waals surface area contributed by atoms with Gasteiger partial charge in [0.1, 0.15) is 17.6 Å². The first-order valence-electron chi connectivity index (χ1n) is 4.58. The Labute approximate surface area is 88.1 Å². The molecular weight excluding hydrogens is 197 g/mol. The maximum absolute atomic E-state index is 13.5.